The number of hydrogen-bond donors (Lipinski definition) is 4. The van der Waals surface area contributed by atoms with Crippen molar-refractivity contribution in [1.29, 1.82) is 5.41 Å². The fraction of sp³-hybridized carbons (Fsp3) is 0.517. The van der Waals surface area contributed by atoms with Gasteiger partial charge in [-0.15, -0.1) is 12.3 Å². The van der Waals surface area contributed by atoms with Gasteiger partial charge in [-0.25, -0.2) is 24.1 Å². The van der Waals surface area contributed by atoms with E-state index in [0.29, 0.717) is 23.8 Å². The maximum absolute atomic E-state index is 16.8. The molecule has 40 heavy (non-hydrogen) atoms. The summed E-state index contributed by atoms with van der Waals surface area (Å²) >= 11 is 0. The Morgan fingerprint density at radius 2 is 2.00 bits per heavy atom. The van der Waals surface area contributed by atoms with Crippen LogP contribution in [0.15, 0.2) is 24.4 Å². The van der Waals surface area contributed by atoms with Gasteiger partial charge < -0.3 is 15.0 Å². The van der Waals surface area contributed by atoms with Crippen LogP contribution >= 0.6 is 0 Å². The summed E-state index contributed by atoms with van der Waals surface area (Å²) in [6.45, 7) is 4.01. The maximum atomic E-state index is 16.8. The number of amides is 1. The first-order valence-corrected chi connectivity index (χ1v) is 13.9. The van der Waals surface area contributed by atoms with Crippen molar-refractivity contribution >= 4 is 28.9 Å². The summed E-state index contributed by atoms with van der Waals surface area (Å²) in [4.78, 5) is 29.2. The topological polar surface area (TPSA) is 142 Å². The van der Waals surface area contributed by atoms with Crippen LogP contribution in [0.25, 0.3) is 11.2 Å². The number of carboxylic acid groups (broad SMARTS) is 1. The molecule has 0 bridgehead atoms. The highest BCUT2D eigenvalue weighted by atomic mass is 19.1. The number of rotatable bonds is 8. The molecule has 2 atom stereocenters. The number of pyridine rings is 1. The molecule has 2 fully saturated rings. The highest BCUT2D eigenvalue weighted by molar-refractivity contribution is 6.03. The van der Waals surface area contributed by atoms with E-state index in [1.54, 1.807) is 24.4 Å². The molecule has 1 amide bonds. The number of carbonyl (C=O) groups is 1. The number of imidazole rings is 1. The molecule has 0 saturated heterocycles. The third-order valence-electron chi connectivity index (χ3n) is 8.37. The van der Waals surface area contributed by atoms with E-state index >= 15 is 4.39 Å². The monoisotopic (exact) mass is 546 g/mol. The molecule has 0 radical (unpaired) electrons. The fourth-order valence-electron chi connectivity index (χ4n) is 5.75. The number of nitrogens with zero attached hydrogens (tertiary/aromatic N) is 5. The molecule has 3 heterocycles. The van der Waals surface area contributed by atoms with E-state index in [2.05, 4.69) is 38.1 Å². The summed E-state index contributed by atoms with van der Waals surface area (Å²) in [6.07, 6.45) is 12.8. The van der Waals surface area contributed by atoms with Gasteiger partial charge in [0.15, 0.2) is 28.9 Å². The van der Waals surface area contributed by atoms with Crippen molar-refractivity contribution in [2.45, 2.75) is 77.0 Å². The number of alkyl halides is 1. The van der Waals surface area contributed by atoms with Gasteiger partial charge in [0, 0.05) is 24.7 Å². The van der Waals surface area contributed by atoms with Crippen molar-refractivity contribution in [2.75, 3.05) is 5.32 Å². The van der Waals surface area contributed by atoms with Gasteiger partial charge >= 0.3 is 6.09 Å². The average molecular weight is 547 g/mol. The molecular formula is C29H35FN8O2. The lowest BCUT2D eigenvalue weighted by Crippen LogP contribution is -2.33. The second kappa shape index (κ2) is 11.2. The van der Waals surface area contributed by atoms with Gasteiger partial charge in [0.1, 0.15) is 5.52 Å². The van der Waals surface area contributed by atoms with Crippen LogP contribution in [0.1, 0.15) is 76.1 Å². The van der Waals surface area contributed by atoms with Gasteiger partial charge in [0.05, 0.1) is 5.69 Å². The van der Waals surface area contributed by atoms with Crippen LogP contribution in [0.3, 0.4) is 0 Å². The van der Waals surface area contributed by atoms with Crippen molar-refractivity contribution in [3.8, 4) is 12.3 Å². The summed E-state index contributed by atoms with van der Waals surface area (Å²) in [7, 11) is 0. The molecule has 3 aromatic heterocycles. The van der Waals surface area contributed by atoms with Crippen molar-refractivity contribution in [3.05, 3.63) is 41.7 Å². The molecule has 11 heteroatoms. The van der Waals surface area contributed by atoms with Crippen molar-refractivity contribution < 1.29 is 14.3 Å². The van der Waals surface area contributed by atoms with E-state index in [0.717, 1.165) is 38.5 Å². The molecule has 210 valence electrons. The van der Waals surface area contributed by atoms with Gasteiger partial charge in [-0.1, -0.05) is 12.5 Å². The molecule has 0 aromatic carbocycles. The summed E-state index contributed by atoms with van der Waals surface area (Å²) in [5, 5.41) is 22.9. The highest BCUT2D eigenvalue weighted by Gasteiger charge is 2.38. The lowest BCUT2D eigenvalue weighted by Gasteiger charge is -2.32. The summed E-state index contributed by atoms with van der Waals surface area (Å²) in [6, 6.07) is 5.16. The fourth-order valence-corrected chi connectivity index (χ4v) is 5.75. The molecule has 4 N–H and O–H groups in total. The second-order valence-corrected chi connectivity index (χ2v) is 11.1. The number of hydrogen-bond acceptors (Lipinski definition) is 7. The van der Waals surface area contributed by atoms with Gasteiger partial charge in [0.2, 0.25) is 5.67 Å². The SMILES string of the molecule is C#C[C@H]1CC[C@H](Cn2c(C(C)(F)c3ccccn3)nc3nc(C(=N)NC(=O)O)nc(N[C@H](C)C4CCC4)c32)CC1. The standard InChI is InChI=1S/C29H35FN8O2/c1-4-18-11-13-19(14-12-18)16-38-22-24(33-17(2)20-8-7-9-20)35-26(23(31)34-28(39)40)36-25(22)37-27(38)29(3,30)21-10-5-6-15-32-21/h1,5-6,10,15,17-20H,7-9,11-14,16H2,2-3H3,(H2,31,34)(H,39,40)(H,33,35,36)/t17-,18-,19-,29?/m1/s1. The Labute approximate surface area is 232 Å². The summed E-state index contributed by atoms with van der Waals surface area (Å²) in [5.41, 5.74) is -1.11. The number of fused-ring (bicyclic) bond motifs is 1. The van der Waals surface area contributed by atoms with Crippen LogP contribution in [0.5, 0.6) is 0 Å². The number of terminal acetylenes is 1. The first-order valence-electron chi connectivity index (χ1n) is 13.9. The highest BCUT2D eigenvalue weighted by Crippen LogP contribution is 2.38. The number of halogens is 1. The van der Waals surface area contributed by atoms with Crippen molar-refractivity contribution in [3.63, 3.8) is 0 Å². The van der Waals surface area contributed by atoms with Crippen LogP contribution in [0.4, 0.5) is 15.0 Å². The number of nitrogens with one attached hydrogen (secondary N) is 3. The van der Waals surface area contributed by atoms with E-state index in [1.165, 1.54) is 13.3 Å². The van der Waals surface area contributed by atoms with Gasteiger partial charge in [0.25, 0.3) is 0 Å². The van der Waals surface area contributed by atoms with Gasteiger partial charge in [-0.3, -0.25) is 15.7 Å². The molecule has 2 aliphatic rings. The van der Waals surface area contributed by atoms with Gasteiger partial charge in [-0.2, -0.15) is 0 Å². The first-order chi connectivity index (χ1) is 19.2. The Hall–Kier alpha value is -4.07. The molecule has 2 aliphatic carbocycles. The van der Waals surface area contributed by atoms with Crippen molar-refractivity contribution in [2.24, 2.45) is 17.8 Å². The Kier molecular flexibility index (Phi) is 7.70. The minimum atomic E-state index is -2.05. The third-order valence-corrected chi connectivity index (χ3v) is 8.37. The summed E-state index contributed by atoms with van der Waals surface area (Å²) in [5.74, 6) is 3.77. The summed E-state index contributed by atoms with van der Waals surface area (Å²) < 4.78 is 18.6. The van der Waals surface area contributed by atoms with Crippen LogP contribution in [-0.2, 0) is 12.2 Å². The molecule has 2 saturated carbocycles. The quantitative estimate of drug-likeness (QED) is 0.175. The second-order valence-electron chi connectivity index (χ2n) is 11.1. The van der Waals surface area contributed by atoms with E-state index in [9.17, 15) is 9.90 Å². The normalized spacial score (nSPS) is 21.6. The van der Waals surface area contributed by atoms with Crippen LogP contribution in [-0.4, -0.2) is 47.6 Å². The number of aromatic nitrogens is 5. The first kappa shape index (κ1) is 27.5. The minimum absolute atomic E-state index is 0.0618. The lowest BCUT2D eigenvalue weighted by molar-refractivity contribution is 0.200. The predicted octanol–water partition coefficient (Wildman–Crippen LogP) is 5.09. The number of anilines is 1. The van der Waals surface area contributed by atoms with Crippen molar-refractivity contribution in [1.82, 2.24) is 29.8 Å². The average Bonchev–Trinajstić information content (AvgIpc) is 3.27. The lowest BCUT2D eigenvalue weighted by atomic mass is 9.80. The molecular weight excluding hydrogens is 511 g/mol. The molecule has 1 unspecified atom stereocenters. The zero-order valence-corrected chi connectivity index (χ0v) is 22.8. The maximum Gasteiger partial charge on any atom is 0.410 e. The Morgan fingerprint density at radius 3 is 2.60 bits per heavy atom. The Balaban J connectivity index is 1.66. The van der Waals surface area contributed by atoms with E-state index in [-0.39, 0.29) is 40.9 Å². The largest absolute Gasteiger partial charge is 0.465 e. The molecule has 10 nitrogen and oxygen atoms in total. The molecule has 0 aliphatic heterocycles. The Morgan fingerprint density at radius 1 is 1.25 bits per heavy atom. The van der Waals surface area contributed by atoms with Crippen LogP contribution < -0.4 is 10.6 Å². The zero-order valence-electron chi connectivity index (χ0n) is 22.8. The predicted molar refractivity (Wildman–Crippen MR) is 150 cm³/mol. The Bertz CT molecular complexity index is 1440. The third kappa shape index (κ3) is 5.48. The molecule has 3 aromatic rings. The zero-order chi connectivity index (χ0) is 28.4. The smallest absolute Gasteiger partial charge is 0.410 e. The van der Waals surface area contributed by atoms with Crippen LogP contribution in [0.2, 0.25) is 0 Å². The minimum Gasteiger partial charge on any atom is -0.465 e. The molecule has 5 rings (SSSR count). The van der Waals surface area contributed by atoms with E-state index in [4.69, 9.17) is 11.8 Å². The number of amidine groups is 1. The van der Waals surface area contributed by atoms with Crippen LogP contribution in [0, 0.1) is 35.5 Å². The van der Waals surface area contributed by atoms with E-state index in [1.807, 2.05) is 9.88 Å². The van der Waals surface area contributed by atoms with Gasteiger partial charge in [-0.05, 0) is 76.3 Å². The molecule has 0 spiro atoms. The van der Waals surface area contributed by atoms with E-state index < -0.39 is 17.6 Å².